The third kappa shape index (κ3) is 5.57. The van der Waals surface area contributed by atoms with E-state index < -0.39 is 15.9 Å². The first kappa shape index (κ1) is 24.0. The lowest BCUT2D eigenvalue weighted by Crippen LogP contribution is -2.39. The molecule has 0 unspecified atom stereocenters. The van der Waals surface area contributed by atoms with E-state index in [0.29, 0.717) is 5.69 Å². The zero-order valence-corrected chi connectivity index (χ0v) is 21.3. The summed E-state index contributed by atoms with van der Waals surface area (Å²) in [6.07, 6.45) is 2.65. The third-order valence-corrected chi connectivity index (χ3v) is 6.88. The average molecular weight is 564 g/mol. The number of amides is 1. The Morgan fingerprint density at radius 2 is 1.78 bits per heavy atom. The lowest BCUT2D eigenvalue weighted by Gasteiger charge is -2.21. The number of aromatic nitrogens is 1. The minimum absolute atomic E-state index is 0.362. The van der Waals surface area contributed by atoms with Crippen LogP contribution in [0, 0.1) is 24.3 Å². The summed E-state index contributed by atoms with van der Waals surface area (Å²) in [5.41, 5.74) is 8.01. The number of benzene rings is 2. The molecular weight excluding hydrogens is 539 g/mol. The number of nitrogens with one attached hydrogen (secondary N) is 1. The van der Waals surface area contributed by atoms with Gasteiger partial charge in [0.1, 0.15) is 6.54 Å². The summed E-state index contributed by atoms with van der Waals surface area (Å²) in [6.45, 7) is 5.70. The topological polar surface area (TPSA) is 83.8 Å². The molecule has 0 aliphatic carbocycles. The van der Waals surface area contributed by atoms with E-state index in [-0.39, 0.29) is 6.54 Å². The number of aryl methyl sites for hydroxylation is 2. The molecule has 0 radical (unpaired) electrons. The highest BCUT2D eigenvalue weighted by molar-refractivity contribution is 14.1. The molecule has 168 valence electrons. The van der Waals surface area contributed by atoms with Gasteiger partial charge in [-0.05, 0) is 85.3 Å². The van der Waals surface area contributed by atoms with Crippen molar-refractivity contribution in [2.75, 3.05) is 17.1 Å². The Bertz CT molecular complexity index is 1260. The first-order chi connectivity index (χ1) is 15.1. The maximum atomic E-state index is 12.4. The fraction of sp³-hybridized carbons (Fsp3) is 0.217. The van der Waals surface area contributed by atoms with Gasteiger partial charge >= 0.3 is 0 Å². The highest BCUT2D eigenvalue weighted by Crippen LogP contribution is 2.22. The summed E-state index contributed by atoms with van der Waals surface area (Å²) in [6, 6.07) is 17.0. The van der Waals surface area contributed by atoms with Crippen LogP contribution in [-0.4, -0.2) is 37.9 Å². The van der Waals surface area contributed by atoms with Crippen molar-refractivity contribution in [3.63, 3.8) is 0 Å². The zero-order valence-electron chi connectivity index (χ0n) is 18.3. The highest BCUT2D eigenvalue weighted by Gasteiger charge is 2.20. The predicted molar refractivity (Wildman–Crippen MR) is 137 cm³/mol. The van der Waals surface area contributed by atoms with Gasteiger partial charge in [-0.1, -0.05) is 18.2 Å². The van der Waals surface area contributed by atoms with Crippen molar-refractivity contribution in [1.82, 2.24) is 9.99 Å². The van der Waals surface area contributed by atoms with Gasteiger partial charge in [0, 0.05) is 26.2 Å². The van der Waals surface area contributed by atoms with Crippen LogP contribution in [0.2, 0.25) is 0 Å². The maximum absolute atomic E-state index is 12.4. The summed E-state index contributed by atoms with van der Waals surface area (Å²) >= 11 is 2.13. The van der Waals surface area contributed by atoms with E-state index in [9.17, 15) is 13.2 Å². The maximum Gasteiger partial charge on any atom is 0.260 e. The lowest BCUT2D eigenvalue weighted by atomic mass is 10.2. The molecule has 1 heterocycles. The molecule has 7 nitrogen and oxygen atoms in total. The van der Waals surface area contributed by atoms with Crippen LogP contribution in [0.25, 0.3) is 5.69 Å². The monoisotopic (exact) mass is 564 g/mol. The SMILES string of the molecule is Cc1ccccc1-n1c(C)cc(/C=N\NC(=O)CN(c2ccc(I)cc2)S(C)(=O)=O)c1C. The predicted octanol–water partition coefficient (Wildman–Crippen LogP) is 3.92. The Morgan fingerprint density at radius 3 is 2.41 bits per heavy atom. The third-order valence-electron chi connectivity index (χ3n) is 5.02. The fourth-order valence-corrected chi connectivity index (χ4v) is 4.67. The van der Waals surface area contributed by atoms with E-state index >= 15 is 0 Å². The van der Waals surface area contributed by atoms with Gasteiger partial charge in [0.05, 0.1) is 18.2 Å². The zero-order chi connectivity index (χ0) is 23.5. The van der Waals surface area contributed by atoms with Gasteiger partial charge in [0.15, 0.2) is 0 Å². The second-order valence-electron chi connectivity index (χ2n) is 7.49. The highest BCUT2D eigenvalue weighted by atomic mass is 127. The minimum Gasteiger partial charge on any atom is -0.318 e. The molecule has 2 aromatic carbocycles. The molecule has 0 atom stereocenters. The largest absolute Gasteiger partial charge is 0.318 e. The van der Waals surface area contributed by atoms with Crippen LogP contribution in [0.4, 0.5) is 5.69 Å². The van der Waals surface area contributed by atoms with Crippen LogP contribution < -0.4 is 9.73 Å². The molecule has 9 heteroatoms. The van der Waals surface area contributed by atoms with E-state index in [1.54, 1.807) is 30.5 Å². The number of nitrogens with zero attached hydrogens (tertiary/aromatic N) is 3. The Hall–Kier alpha value is -2.66. The molecule has 32 heavy (non-hydrogen) atoms. The van der Waals surface area contributed by atoms with Crippen LogP contribution in [0.3, 0.4) is 0 Å². The number of anilines is 1. The number of sulfonamides is 1. The quantitative estimate of drug-likeness (QED) is 0.268. The van der Waals surface area contributed by atoms with Gasteiger partial charge in [-0.3, -0.25) is 9.10 Å². The number of para-hydroxylation sites is 1. The van der Waals surface area contributed by atoms with Crippen molar-refractivity contribution in [1.29, 1.82) is 0 Å². The molecular formula is C23H25IN4O3S. The summed E-state index contributed by atoms with van der Waals surface area (Å²) in [7, 11) is -3.63. The Labute approximate surface area is 202 Å². The Kier molecular flexibility index (Phi) is 7.40. The molecule has 0 aliphatic rings. The smallest absolute Gasteiger partial charge is 0.260 e. The Balaban J connectivity index is 1.74. The van der Waals surface area contributed by atoms with E-state index in [4.69, 9.17) is 0 Å². The van der Waals surface area contributed by atoms with Gasteiger partial charge in [-0.2, -0.15) is 5.10 Å². The standard InChI is InChI=1S/C23H25IN4O3S/c1-16-7-5-6-8-22(16)28-17(2)13-19(18(28)3)14-25-26-23(29)15-27(32(4,30)31)21-11-9-20(24)10-12-21/h5-14H,15H2,1-4H3,(H,26,29)/b25-14-. The van der Waals surface area contributed by atoms with E-state index in [1.807, 2.05) is 32.0 Å². The number of rotatable bonds is 7. The molecule has 0 fully saturated rings. The average Bonchev–Trinajstić information content (AvgIpc) is 3.00. The van der Waals surface area contributed by atoms with Gasteiger partial charge in [0.2, 0.25) is 10.0 Å². The molecule has 0 saturated carbocycles. The number of carbonyl (C=O) groups is 1. The molecule has 1 amide bonds. The summed E-state index contributed by atoms with van der Waals surface area (Å²) in [4.78, 5) is 12.4. The number of halogens is 1. The first-order valence-corrected chi connectivity index (χ1v) is 12.8. The molecule has 3 aromatic rings. The van der Waals surface area contributed by atoms with Crippen molar-refractivity contribution >= 4 is 50.4 Å². The molecule has 1 aromatic heterocycles. The van der Waals surface area contributed by atoms with Crippen molar-refractivity contribution in [2.45, 2.75) is 20.8 Å². The number of hydrogen-bond acceptors (Lipinski definition) is 4. The number of carbonyl (C=O) groups excluding carboxylic acids is 1. The Morgan fingerprint density at radius 1 is 1.12 bits per heavy atom. The van der Waals surface area contributed by atoms with Gasteiger partial charge in [-0.15, -0.1) is 0 Å². The fourth-order valence-electron chi connectivity index (χ4n) is 3.45. The summed E-state index contributed by atoms with van der Waals surface area (Å²) < 4.78 is 28.6. The normalized spacial score (nSPS) is 11.7. The van der Waals surface area contributed by atoms with Gasteiger partial charge in [-0.25, -0.2) is 13.8 Å². The number of hydrogen-bond donors (Lipinski definition) is 1. The molecule has 0 spiro atoms. The molecule has 0 aliphatic heterocycles. The van der Waals surface area contributed by atoms with Gasteiger partial charge < -0.3 is 4.57 Å². The number of hydrazone groups is 1. The minimum atomic E-state index is -3.63. The van der Waals surface area contributed by atoms with E-state index in [2.05, 4.69) is 56.7 Å². The summed E-state index contributed by atoms with van der Waals surface area (Å²) in [5.74, 6) is -0.530. The van der Waals surface area contributed by atoms with E-state index in [1.165, 1.54) is 0 Å². The molecule has 0 bridgehead atoms. The second-order valence-corrected chi connectivity index (χ2v) is 10.6. The van der Waals surface area contributed by atoms with Crippen molar-refractivity contribution in [3.05, 3.63) is 80.7 Å². The second kappa shape index (κ2) is 9.86. The van der Waals surface area contributed by atoms with Crippen LogP contribution in [0.15, 0.2) is 59.7 Å². The molecule has 0 saturated heterocycles. The van der Waals surface area contributed by atoms with Crippen molar-refractivity contribution < 1.29 is 13.2 Å². The molecule has 3 rings (SSSR count). The van der Waals surface area contributed by atoms with Gasteiger partial charge in [0.25, 0.3) is 5.91 Å². The van der Waals surface area contributed by atoms with E-state index in [0.717, 1.165) is 42.3 Å². The first-order valence-electron chi connectivity index (χ1n) is 9.88. The summed E-state index contributed by atoms with van der Waals surface area (Å²) in [5, 5.41) is 4.06. The van der Waals surface area contributed by atoms with Crippen molar-refractivity contribution in [3.8, 4) is 5.69 Å². The van der Waals surface area contributed by atoms with Crippen LogP contribution >= 0.6 is 22.6 Å². The van der Waals surface area contributed by atoms with Crippen molar-refractivity contribution in [2.24, 2.45) is 5.10 Å². The van der Waals surface area contributed by atoms with Crippen LogP contribution in [0.1, 0.15) is 22.5 Å². The lowest BCUT2D eigenvalue weighted by molar-refractivity contribution is -0.119. The molecule has 1 N–H and O–H groups in total. The van der Waals surface area contributed by atoms with Crippen LogP contribution in [-0.2, 0) is 14.8 Å². The van der Waals surface area contributed by atoms with Crippen LogP contribution in [0.5, 0.6) is 0 Å².